The van der Waals surface area contributed by atoms with Crippen LogP contribution in [0.4, 0.5) is 10.8 Å². The molecular formula is C18H23N5O3S2. The van der Waals surface area contributed by atoms with Crippen LogP contribution in [0.3, 0.4) is 0 Å². The first-order valence-electron chi connectivity index (χ1n) is 9.06. The zero-order valence-electron chi connectivity index (χ0n) is 15.6. The Kier molecular flexibility index (Phi) is 7.49. The van der Waals surface area contributed by atoms with E-state index in [9.17, 15) is 9.59 Å². The highest BCUT2D eigenvalue weighted by Gasteiger charge is 2.19. The van der Waals surface area contributed by atoms with Gasteiger partial charge in [0, 0.05) is 31.7 Å². The number of aromatic nitrogens is 2. The van der Waals surface area contributed by atoms with E-state index >= 15 is 0 Å². The smallest absolute Gasteiger partial charge is 0.230 e. The Balaban J connectivity index is 1.34. The van der Waals surface area contributed by atoms with Crippen molar-refractivity contribution in [1.29, 1.82) is 0 Å². The van der Waals surface area contributed by atoms with Gasteiger partial charge in [-0.15, -0.1) is 10.2 Å². The molecular weight excluding hydrogens is 398 g/mol. The van der Waals surface area contributed by atoms with Crippen molar-refractivity contribution >= 4 is 45.7 Å². The summed E-state index contributed by atoms with van der Waals surface area (Å²) in [5.74, 6) is 1.26. The molecule has 0 saturated carbocycles. The van der Waals surface area contributed by atoms with Gasteiger partial charge in [0.05, 0.1) is 12.9 Å². The molecule has 1 aliphatic rings. The van der Waals surface area contributed by atoms with Crippen molar-refractivity contribution in [3.05, 3.63) is 24.3 Å². The fourth-order valence-corrected chi connectivity index (χ4v) is 4.33. The molecule has 1 aromatic heterocycles. The number of amides is 2. The van der Waals surface area contributed by atoms with Gasteiger partial charge in [-0.3, -0.25) is 9.59 Å². The van der Waals surface area contributed by atoms with Gasteiger partial charge < -0.3 is 20.3 Å². The van der Waals surface area contributed by atoms with E-state index in [4.69, 9.17) is 4.74 Å². The van der Waals surface area contributed by atoms with Crippen LogP contribution >= 0.6 is 23.1 Å². The van der Waals surface area contributed by atoms with Gasteiger partial charge in [-0.05, 0) is 37.1 Å². The lowest BCUT2D eigenvalue weighted by Gasteiger charge is -2.15. The third-order valence-electron chi connectivity index (χ3n) is 4.17. The quantitative estimate of drug-likeness (QED) is 0.449. The standard InChI is InChI=1S/C18H23N5O3S2/c1-26-14-7-5-13(6-8-14)20-17-21-22-18(28-17)27-12-15(24)19-9-3-11-23-10-2-4-16(23)25/h5-8H,2-4,9-12H2,1H3,(H,19,24)(H,20,21). The Hall–Kier alpha value is -2.33. The second-order valence-corrected chi connectivity index (χ2v) is 8.40. The fourth-order valence-electron chi connectivity index (χ4n) is 2.73. The van der Waals surface area contributed by atoms with Crippen molar-refractivity contribution in [3.8, 4) is 5.75 Å². The molecule has 1 aliphatic heterocycles. The fraction of sp³-hybridized carbons (Fsp3) is 0.444. The molecule has 0 bridgehead atoms. The highest BCUT2D eigenvalue weighted by atomic mass is 32.2. The monoisotopic (exact) mass is 421 g/mol. The average molecular weight is 422 g/mol. The molecule has 1 aromatic carbocycles. The Morgan fingerprint density at radius 3 is 2.86 bits per heavy atom. The Labute approximate surface area is 172 Å². The molecule has 28 heavy (non-hydrogen) atoms. The number of ether oxygens (including phenoxy) is 1. The number of anilines is 2. The lowest BCUT2D eigenvalue weighted by atomic mass is 10.3. The summed E-state index contributed by atoms with van der Waals surface area (Å²) in [4.78, 5) is 25.3. The van der Waals surface area contributed by atoms with Crippen molar-refractivity contribution in [2.45, 2.75) is 23.6 Å². The van der Waals surface area contributed by atoms with Crippen LogP contribution in [-0.2, 0) is 9.59 Å². The largest absolute Gasteiger partial charge is 0.497 e. The highest BCUT2D eigenvalue weighted by molar-refractivity contribution is 8.01. The van der Waals surface area contributed by atoms with Crippen molar-refractivity contribution < 1.29 is 14.3 Å². The number of thioether (sulfide) groups is 1. The minimum atomic E-state index is -0.0439. The van der Waals surface area contributed by atoms with Gasteiger partial charge in [0.15, 0.2) is 4.34 Å². The normalized spacial score (nSPS) is 13.6. The van der Waals surface area contributed by atoms with E-state index in [0.29, 0.717) is 30.4 Å². The van der Waals surface area contributed by atoms with Crippen LogP contribution in [0.25, 0.3) is 0 Å². The molecule has 10 heteroatoms. The summed E-state index contributed by atoms with van der Waals surface area (Å²) in [7, 11) is 1.63. The molecule has 2 N–H and O–H groups in total. The molecule has 0 unspecified atom stereocenters. The van der Waals surface area contributed by atoms with E-state index in [1.165, 1.54) is 23.1 Å². The molecule has 0 radical (unpaired) electrons. The molecule has 0 spiro atoms. The van der Waals surface area contributed by atoms with Crippen LogP contribution in [0.2, 0.25) is 0 Å². The van der Waals surface area contributed by atoms with E-state index in [1.54, 1.807) is 7.11 Å². The van der Waals surface area contributed by atoms with Gasteiger partial charge in [-0.25, -0.2) is 0 Å². The number of nitrogens with zero attached hydrogens (tertiary/aromatic N) is 3. The molecule has 1 fully saturated rings. The maximum atomic E-state index is 12.0. The highest BCUT2D eigenvalue weighted by Crippen LogP contribution is 2.28. The van der Waals surface area contributed by atoms with Crippen molar-refractivity contribution in [1.82, 2.24) is 20.4 Å². The van der Waals surface area contributed by atoms with Crippen LogP contribution in [0, 0.1) is 0 Å². The number of carbonyl (C=O) groups is 2. The molecule has 150 valence electrons. The summed E-state index contributed by atoms with van der Waals surface area (Å²) in [6.07, 6.45) is 2.37. The number of nitrogens with one attached hydrogen (secondary N) is 2. The van der Waals surface area contributed by atoms with Gasteiger partial charge in [-0.2, -0.15) is 0 Å². The first kappa shape index (κ1) is 20.4. The van der Waals surface area contributed by atoms with Crippen molar-refractivity contribution in [2.24, 2.45) is 0 Å². The molecule has 2 heterocycles. The minimum absolute atomic E-state index is 0.0439. The van der Waals surface area contributed by atoms with Gasteiger partial charge in [0.1, 0.15) is 5.75 Å². The zero-order chi connectivity index (χ0) is 19.8. The predicted octanol–water partition coefficient (Wildman–Crippen LogP) is 2.51. The number of hydrogen-bond acceptors (Lipinski definition) is 8. The molecule has 2 amide bonds. The van der Waals surface area contributed by atoms with Gasteiger partial charge >= 0.3 is 0 Å². The van der Waals surface area contributed by atoms with Crippen molar-refractivity contribution in [3.63, 3.8) is 0 Å². The second-order valence-electron chi connectivity index (χ2n) is 6.20. The van der Waals surface area contributed by atoms with Crippen LogP contribution in [0.5, 0.6) is 5.75 Å². The molecule has 2 aromatic rings. The van der Waals surface area contributed by atoms with Crippen LogP contribution in [-0.4, -0.2) is 59.4 Å². The maximum Gasteiger partial charge on any atom is 0.230 e. The number of rotatable bonds is 10. The summed E-state index contributed by atoms with van der Waals surface area (Å²) < 4.78 is 5.86. The van der Waals surface area contributed by atoms with Crippen LogP contribution < -0.4 is 15.4 Å². The number of likely N-dealkylation sites (tertiary alicyclic amines) is 1. The van der Waals surface area contributed by atoms with E-state index in [1.807, 2.05) is 29.2 Å². The topological polar surface area (TPSA) is 96.4 Å². The number of benzene rings is 1. The van der Waals surface area contributed by atoms with Crippen molar-refractivity contribution in [2.75, 3.05) is 37.8 Å². The van der Waals surface area contributed by atoms with E-state index in [2.05, 4.69) is 20.8 Å². The number of methoxy groups -OCH3 is 1. The molecule has 0 atom stereocenters. The van der Waals surface area contributed by atoms with E-state index < -0.39 is 0 Å². The Morgan fingerprint density at radius 2 is 2.14 bits per heavy atom. The lowest BCUT2D eigenvalue weighted by Crippen LogP contribution is -2.31. The summed E-state index contributed by atoms with van der Waals surface area (Å²) in [6.45, 7) is 2.12. The number of carbonyl (C=O) groups excluding carboxylic acids is 2. The summed E-state index contributed by atoms with van der Waals surface area (Å²) in [6, 6.07) is 7.53. The molecule has 8 nitrogen and oxygen atoms in total. The van der Waals surface area contributed by atoms with Crippen LogP contribution in [0.15, 0.2) is 28.6 Å². The molecule has 0 aliphatic carbocycles. The van der Waals surface area contributed by atoms with Gasteiger partial charge in [-0.1, -0.05) is 23.1 Å². The average Bonchev–Trinajstić information content (AvgIpc) is 3.33. The minimum Gasteiger partial charge on any atom is -0.497 e. The lowest BCUT2D eigenvalue weighted by molar-refractivity contribution is -0.127. The summed E-state index contributed by atoms with van der Waals surface area (Å²) in [5, 5.41) is 14.9. The maximum absolute atomic E-state index is 12.0. The second kappa shape index (κ2) is 10.3. The van der Waals surface area contributed by atoms with Gasteiger partial charge in [0.25, 0.3) is 0 Å². The molecule has 3 rings (SSSR count). The Morgan fingerprint density at radius 1 is 1.32 bits per heavy atom. The summed E-state index contributed by atoms with van der Waals surface area (Å²) >= 11 is 2.76. The molecule has 1 saturated heterocycles. The third-order valence-corrected chi connectivity index (χ3v) is 6.14. The third kappa shape index (κ3) is 6.10. The van der Waals surface area contributed by atoms with Gasteiger partial charge in [0.2, 0.25) is 16.9 Å². The SMILES string of the molecule is COc1ccc(Nc2nnc(SCC(=O)NCCCN3CCCC3=O)s2)cc1. The first-order chi connectivity index (χ1) is 13.6. The predicted molar refractivity (Wildman–Crippen MR) is 110 cm³/mol. The number of hydrogen-bond donors (Lipinski definition) is 2. The van der Waals surface area contributed by atoms with E-state index in [0.717, 1.165) is 35.2 Å². The summed E-state index contributed by atoms with van der Waals surface area (Å²) in [5.41, 5.74) is 0.891. The Bertz CT molecular complexity index is 797. The van der Waals surface area contributed by atoms with Crippen LogP contribution in [0.1, 0.15) is 19.3 Å². The van der Waals surface area contributed by atoms with E-state index in [-0.39, 0.29) is 11.8 Å². The zero-order valence-corrected chi connectivity index (χ0v) is 17.3. The first-order valence-corrected chi connectivity index (χ1v) is 10.9.